The molecule has 2 heterocycles. The molecule has 2 heteroatoms. The van der Waals surface area contributed by atoms with E-state index in [0.717, 1.165) is 6.54 Å². The predicted octanol–water partition coefficient (Wildman–Crippen LogP) is 3.52. The summed E-state index contributed by atoms with van der Waals surface area (Å²) in [7, 11) is 0. The van der Waals surface area contributed by atoms with Gasteiger partial charge in [-0.2, -0.15) is 0 Å². The third-order valence-corrected chi connectivity index (χ3v) is 3.65. The molecule has 2 unspecified atom stereocenters. The number of aromatic nitrogens is 1. The highest BCUT2D eigenvalue weighted by Gasteiger charge is 2.22. The molecule has 0 aliphatic carbocycles. The van der Waals surface area contributed by atoms with Crippen molar-refractivity contribution >= 4 is 10.9 Å². The van der Waals surface area contributed by atoms with Crippen molar-refractivity contribution in [2.45, 2.75) is 45.4 Å². The fraction of sp³-hybridized carbons (Fsp3) is 0.467. The van der Waals surface area contributed by atoms with E-state index in [1.54, 1.807) is 0 Å². The zero-order valence-electron chi connectivity index (χ0n) is 10.5. The molecule has 0 radical (unpaired) electrons. The van der Waals surface area contributed by atoms with Crippen molar-refractivity contribution in [1.82, 2.24) is 4.57 Å². The third kappa shape index (κ3) is 2.09. The van der Waals surface area contributed by atoms with Crippen LogP contribution in [0.15, 0.2) is 30.5 Å². The SMILES string of the molecule is Cc1ccc2ccn(CC3CCC(C)O3)c2c1. The van der Waals surface area contributed by atoms with Gasteiger partial charge in [0.2, 0.25) is 0 Å². The Kier molecular flexibility index (Phi) is 2.67. The minimum Gasteiger partial charge on any atom is -0.373 e. The zero-order valence-corrected chi connectivity index (χ0v) is 10.5. The molecular weight excluding hydrogens is 210 g/mol. The van der Waals surface area contributed by atoms with E-state index >= 15 is 0 Å². The topological polar surface area (TPSA) is 14.2 Å². The average Bonchev–Trinajstić information content (AvgIpc) is 2.87. The number of hydrogen-bond acceptors (Lipinski definition) is 1. The zero-order chi connectivity index (χ0) is 11.8. The molecule has 0 saturated carbocycles. The third-order valence-electron chi connectivity index (χ3n) is 3.65. The van der Waals surface area contributed by atoms with Gasteiger partial charge < -0.3 is 9.30 Å². The largest absolute Gasteiger partial charge is 0.373 e. The standard InChI is InChI=1S/C15H19NO/c1-11-3-5-13-7-8-16(15(13)9-11)10-14-6-4-12(2)17-14/h3,5,7-9,12,14H,4,6,10H2,1-2H3. The first-order chi connectivity index (χ1) is 8.22. The lowest BCUT2D eigenvalue weighted by Crippen LogP contribution is -2.15. The average molecular weight is 229 g/mol. The molecule has 0 amide bonds. The second kappa shape index (κ2) is 4.19. The maximum absolute atomic E-state index is 5.89. The summed E-state index contributed by atoms with van der Waals surface area (Å²) in [6.07, 6.45) is 5.39. The van der Waals surface area contributed by atoms with E-state index in [-0.39, 0.29) is 0 Å². The van der Waals surface area contributed by atoms with E-state index in [4.69, 9.17) is 4.74 Å². The first-order valence-electron chi connectivity index (χ1n) is 6.43. The number of aryl methyl sites for hydroxylation is 1. The Hall–Kier alpha value is -1.28. The van der Waals surface area contributed by atoms with Crippen LogP contribution in [0.5, 0.6) is 0 Å². The number of hydrogen-bond donors (Lipinski definition) is 0. The molecule has 1 aromatic carbocycles. The van der Waals surface area contributed by atoms with Gasteiger partial charge in [0.25, 0.3) is 0 Å². The number of fused-ring (bicyclic) bond motifs is 1. The van der Waals surface area contributed by atoms with Gasteiger partial charge >= 0.3 is 0 Å². The van der Waals surface area contributed by atoms with E-state index in [0.29, 0.717) is 12.2 Å². The molecule has 2 aromatic rings. The minimum atomic E-state index is 0.390. The maximum Gasteiger partial charge on any atom is 0.0758 e. The van der Waals surface area contributed by atoms with Crippen LogP contribution in [0.4, 0.5) is 0 Å². The smallest absolute Gasteiger partial charge is 0.0758 e. The van der Waals surface area contributed by atoms with Gasteiger partial charge in [0.15, 0.2) is 0 Å². The van der Waals surface area contributed by atoms with Crippen molar-refractivity contribution in [3.05, 3.63) is 36.0 Å². The molecule has 0 bridgehead atoms. The van der Waals surface area contributed by atoms with Crippen LogP contribution in [-0.2, 0) is 11.3 Å². The lowest BCUT2D eigenvalue weighted by atomic mass is 10.2. The summed E-state index contributed by atoms with van der Waals surface area (Å²) in [6.45, 7) is 5.29. The van der Waals surface area contributed by atoms with Gasteiger partial charge in [-0.1, -0.05) is 12.1 Å². The minimum absolute atomic E-state index is 0.390. The van der Waals surface area contributed by atoms with Crippen LogP contribution in [0.25, 0.3) is 10.9 Å². The quantitative estimate of drug-likeness (QED) is 0.768. The van der Waals surface area contributed by atoms with Crippen LogP contribution < -0.4 is 0 Å². The molecule has 3 rings (SSSR count). The predicted molar refractivity (Wildman–Crippen MR) is 70.2 cm³/mol. The van der Waals surface area contributed by atoms with Crippen molar-refractivity contribution in [1.29, 1.82) is 0 Å². The van der Waals surface area contributed by atoms with Crippen molar-refractivity contribution in [2.24, 2.45) is 0 Å². The summed E-state index contributed by atoms with van der Waals surface area (Å²) in [6, 6.07) is 8.81. The van der Waals surface area contributed by atoms with E-state index in [1.165, 1.54) is 29.3 Å². The van der Waals surface area contributed by atoms with Gasteiger partial charge in [0, 0.05) is 18.3 Å². The Labute approximate surface area is 102 Å². The molecule has 1 fully saturated rings. The van der Waals surface area contributed by atoms with Crippen molar-refractivity contribution < 1.29 is 4.74 Å². The van der Waals surface area contributed by atoms with Gasteiger partial charge in [0.1, 0.15) is 0 Å². The molecule has 90 valence electrons. The monoisotopic (exact) mass is 229 g/mol. The van der Waals surface area contributed by atoms with Crippen LogP contribution >= 0.6 is 0 Å². The summed E-state index contributed by atoms with van der Waals surface area (Å²) in [4.78, 5) is 0. The van der Waals surface area contributed by atoms with Crippen molar-refractivity contribution in [3.63, 3.8) is 0 Å². The van der Waals surface area contributed by atoms with Crippen molar-refractivity contribution in [2.75, 3.05) is 0 Å². The number of ether oxygens (including phenoxy) is 1. The summed E-state index contributed by atoms with van der Waals surface area (Å²) in [5, 5.41) is 1.32. The summed E-state index contributed by atoms with van der Waals surface area (Å²) >= 11 is 0. The Morgan fingerprint density at radius 3 is 2.94 bits per heavy atom. The van der Waals surface area contributed by atoms with E-state index in [1.807, 2.05) is 0 Å². The molecule has 17 heavy (non-hydrogen) atoms. The first-order valence-corrected chi connectivity index (χ1v) is 6.43. The lowest BCUT2D eigenvalue weighted by molar-refractivity contribution is 0.0465. The Morgan fingerprint density at radius 1 is 1.29 bits per heavy atom. The van der Waals surface area contributed by atoms with Gasteiger partial charge in [-0.3, -0.25) is 0 Å². The summed E-state index contributed by atoms with van der Waals surface area (Å²) < 4.78 is 8.22. The van der Waals surface area contributed by atoms with Gasteiger partial charge in [-0.15, -0.1) is 0 Å². The summed E-state index contributed by atoms with van der Waals surface area (Å²) in [5.74, 6) is 0. The fourth-order valence-corrected chi connectivity index (χ4v) is 2.69. The van der Waals surface area contributed by atoms with Gasteiger partial charge in [-0.05, 0) is 49.8 Å². The van der Waals surface area contributed by atoms with Crippen LogP contribution in [0.1, 0.15) is 25.3 Å². The molecule has 2 atom stereocenters. The molecule has 0 spiro atoms. The molecule has 1 aliphatic heterocycles. The second-order valence-electron chi connectivity index (χ2n) is 5.18. The molecule has 1 saturated heterocycles. The lowest BCUT2D eigenvalue weighted by Gasteiger charge is -2.13. The van der Waals surface area contributed by atoms with Crippen molar-refractivity contribution in [3.8, 4) is 0 Å². The van der Waals surface area contributed by atoms with E-state index < -0.39 is 0 Å². The molecule has 2 nitrogen and oxygen atoms in total. The maximum atomic E-state index is 5.89. The van der Waals surface area contributed by atoms with E-state index in [9.17, 15) is 0 Å². The van der Waals surface area contributed by atoms with E-state index in [2.05, 4.69) is 48.9 Å². The van der Waals surface area contributed by atoms with Crippen LogP contribution in [0.3, 0.4) is 0 Å². The molecular formula is C15H19NO. The van der Waals surface area contributed by atoms with Crippen LogP contribution in [0, 0.1) is 6.92 Å². The highest BCUT2D eigenvalue weighted by atomic mass is 16.5. The first kappa shape index (κ1) is 10.8. The number of nitrogens with zero attached hydrogens (tertiary/aromatic N) is 1. The summed E-state index contributed by atoms with van der Waals surface area (Å²) in [5.41, 5.74) is 2.64. The normalized spacial score (nSPS) is 24.6. The fourth-order valence-electron chi connectivity index (χ4n) is 2.69. The molecule has 0 N–H and O–H groups in total. The Bertz CT molecular complexity index is 529. The highest BCUT2D eigenvalue weighted by molar-refractivity contribution is 5.80. The number of rotatable bonds is 2. The molecule has 1 aliphatic rings. The van der Waals surface area contributed by atoms with Crippen LogP contribution in [-0.4, -0.2) is 16.8 Å². The second-order valence-corrected chi connectivity index (χ2v) is 5.18. The number of benzene rings is 1. The van der Waals surface area contributed by atoms with Gasteiger partial charge in [-0.25, -0.2) is 0 Å². The Morgan fingerprint density at radius 2 is 2.18 bits per heavy atom. The van der Waals surface area contributed by atoms with Gasteiger partial charge in [0.05, 0.1) is 12.2 Å². The molecule has 1 aromatic heterocycles. The Balaban J connectivity index is 1.87. The van der Waals surface area contributed by atoms with Crippen LogP contribution in [0.2, 0.25) is 0 Å². The highest BCUT2D eigenvalue weighted by Crippen LogP contribution is 2.23.